The highest BCUT2D eigenvalue weighted by atomic mass is 14.3. The Bertz CT molecular complexity index is 1600. The molecule has 0 N–H and O–H groups in total. The molecule has 7 rings (SSSR count). The standard InChI is InChI=1S/C35H32/c1-23-14-19-32-33(20-23)35(29-18-16-25-9-3-5-11-27(25)22-29)31-13-7-6-12-30(31)34(32)28-17-15-24-8-2-4-10-26(24)21-28/h2-4,6-10,12-13,16,18-21,23,27H,5,11,14-15,17,22H2,1H3. The topological polar surface area (TPSA) is 0 Å². The third kappa shape index (κ3) is 3.50. The minimum atomic E-state index is 0.573. The second-order valence-electron chi connectivity index (χ2n) is 10.8. The maximum absolute atomic E-state index is 2.57. The van der Waals surface area contributed by atoms with Crippen LogP contribution in [-0.2, 0) is 6.42 Å². The number of benzene rings is 3. The normalized spacial score (nSPS) is 22.6. The van der Waals surface area contributed by atoms with Gasteiger partial charge >= 0.3 is 0 Å². The molecule has 0 nitrogen and oxygen atoms in total. The summed E-state index contributed by atoms with van der Waals surface area (Å²) in [6.45, 7) is 2.37. The number of hydrogen-bond donors (Lipinski definition) is 0. The van der Waals surface area contributed by atoms with E-state index in [1.54, 1.807) is 0 Å². The summed E-state index contributed by atoms with van der Waals surface area (Å²) in [5, 5.41) is 5.80. The first-order valence-corrected chi connectivity index (χ1v) is 13.4. The average Bonchev–Trinajstić information content (AvgIpc) is 2.91. The van der Waals surface area contributed by atoms with Gasteiger partial charge in [0, 0.05) is 0 Å². The lowest BCUT2D eigenvalue weighted by Gasteiger charge is -2.28. The zero-order valence-corrected chi connectivity index (χ0v) is 20.6. The van der Waals surface area contributed by atoms with Crippen LogP contribution in [0.15, 0.2) is 78.4 Å². The highest BCUT2D eigenvalue weighted by Gasteiger charge is 2.25. The van der Waals surface area contributed by atoms with Gasteiger partial charge in [0.25, 0.3) is 0 Å². The summed E-state index contributed by atoms with van der Waals surface area (Å²) in [7, 11) is 0. The predicted molar refractivity (Wildman–Crippen MR) is 151 cm³/mol. The van der Waals surface area contributed by atoms with Gasteiger partial charge in [-0.25, -0.2) is 0 Å². The van der Waals surface area contributed by atoms with E-state index in [1.165, 1.54) is 73.0 Å². The average molecular weight is 453 g/mol. The quantitative estimate of drug-likeness (QED) is 0.375. The van der Waals surface area contributed by atoms with Gasteiger partial charge in [-0.1, -0.05) is 98.0 Å². The van der Waals surface area contributed by atoms with E-state index in [1.807, 2.05) is 0 Å². The molecule has 0 aliphatic heterocycles. The predicted octanol–water partition coefficient (Wildman–Crippen LogP) is 7.61. The van der Waals surface area contributed by atoms with E-state index in [0.29, 0.717) is 11.8 Å². The zero-order valence-electron chi connectivity index (χ0n) is 20.6. The molecule has 0 saturated carbocycles. The molecule has 3 aromatic rings. The lowest BCUT2D eigenvalue weighted by atomic mass is 9.76. The van der Waals surface area contributed by atoms with Crippen molar-refractivity contribution in [3.05, 3.63) is 111 Å². The summed E-state index contributed by atoms with van der Waals surface area (Å²) >= 11 is 0. The van der Waals surface area contributed by atoms with Gasteiger partial charge < -0.3 is 0 Å². The van der Waals surface area contributed by atoms with Crippen LogP contribution < -0.4 is 10.4 Å². The maximum atomic E-state index is 2.57. The highest BCUT2D eigenvalue weighted by Crippen LogP contribution is 2.39. The summed E-state index contributed by atoms with van der Waals surface area (Å²) in [6.07, 6.45) is 24.1. The van der Waals surface area contributed by atoms with Gasteiger partial charge in [-0.3, -0.25) is 0 Å². The number of rotatable bonds is 2. The SMILES string of the molecule is CC1C=c2c(C3=CC=C4C=CCCC4C3)c3ccccc3c(C3=Cc4ccccc4CC3)c2=CC1. The van der Waals surface area contributed by atoms with Crippen LogP contribution in [0.3, 0.4) is 0 Å². The van der Waals surface area contributed by atoms with Crippen molar-refractivity contribution >= 4 is 40.1 Å². The van der Waals surface area contributed by atoms with Crippen molar-refractivity contribution in [1.82, 2.24) is 0 Å². The summed E-state index contributed by atoms with van der Waals surface area (Å²) in [5.74, 6) is 1.24. The number of allylic oxidation sites excluding steroid dienone is 7. The van der Waals surface area contributed by atoms with Crippen molar-refractivity contribution in [3.63, 3.8) is 0 Å². The minimum Gasteiger partial charge on any atom is -0.0842 e. The second kappa shape index (κ2) is 8.38. The Labute approximate surface area is 208 Å². The van der Waals surface area contributed by atoms with Crippen molar-refractivity contribution in [2.75, 3.05) is 0 Å². The van der Waals surface area contributed by atoms with Gasteiger partial charge in [-0.2, -0.15) is 0 Å². The van der Waals surface area contributed by atoms with Crippen LogP contribution in [-0.4, -0.2) is 0 Å². The van der Waals surface area contributed by atoms with E-state index in [0.717, 1.165) is 25.7 Å². The first kappa shape index (κ1) is 20.9. The molecule has 35 heavy (non-hydrogen) atoms. The van der Waals surface area contributed by atoms with Crippen molar-refractivity contribution in [3.8, 4) is 0 Å². The monoisotopic (exact) mass is 452 g/mol. The van der Waals surface area contributed by atoms with E-state index in [4.69, 9.17) is 0 Å². The largest absolute Gasteiger partial charge is 0.0842 e. The van der Waals surface area contributed by atoms with E-state index in [-0.39, 0.29) is 0 Å². The third-order valence-corrected chi connectivity index (χ3v) is 8.54. The number of fused-ring (bicyclic) bond motifs is 4. The molecule has 0 saturated heterocycles. The first-order chi connectivity index (χ1) is 17.3. The van der Waals surface area contributed by atoms with Crippen molar-refractivity contribution in [2.24, 2.45) is 11.8 Å². The molecule has 0 radical (unpaired) electrons. The van der Waals surface area contributed by atoms with Gasteiger partial charge in [-0.05, 0) is 111 Å². The molecule has 2 unspecified atom stereocenters. The fraction of sp³-hybridized carbons (Fsp3) is 0.257. The molecule has 0 heterocycles. The Morgan fingerprint density at radius 3 is 2.49 bits per heavy atom. The van der Waals surface area contributed by atoms with Crippen LogP contribution in [0.4, 0.5) is 0 Å². The molecular weight excluding hydrogens is 420 g/mol. The smallest absolute Gasteiger partial charge is 0.00698 e. The number of aryl methyl sites for hydroxylation is 1. The lowest BCUT2D eigenvalue weighted by molar-refractivity contribution is 0.573. The second-order valence-corrected chi connectivity index (χ2v) is 10.8. The first-order valence-electron chi connectivity index (χ1n) is 13.4. The molecule has 0 spiro atoms. The summed E-state index contributed by atoms with van der Waals surface area (Å²) in [5.41, 5.74) is 10.4. The lowest BCUT2D eigenvalue weighted by Crippen LogP contribution is -2.36. The Balaban J connectivity index is 1.52. The molecule has 0 heteroatoms. The molecule has 4 aliphatic rings. The fourth-order valence-electron chi connectivity index (χ4n) is 6.79. The Hall–Kier alpha value is -3.38. The molecule has 172 valence electrons. The maximum Gasteiger partial charge on any atom is -0.00698 e. The Kier molecular flexibility index (Phi) is 5.02. The Morgan fingerprint density at radius 2 is 1.60 bits per heavy atom. The van der Waals surface area contributed by atoms with Crippen LogP contribution in [0.2, 0.25) is 0 Å². The molecule has 4 aliphatic carbocycles. The zero-order chi connectivity index (χ0) is 23.4. The van der Waals surface area contributed by atoms with Crippen LogP contribution in [0.5, 0.6) is 0 Å². The molecule has 0 bridgehead atoms. The molecule has 3 aromatic carbocycles. The third-order valence-electron chi connectivity index (χ3n) is 8.54. The van der Waals surface area contributed by atoms with Gasteiger partial charge in [0.15, 0.2) is 0 Å². The van der Waals surface area contributed by atoms with Crippen molar-refractivity contribution < 1.29 is 0 Å². The van der Waals surface area contributed by atoms with Crippen molar-refractivity contribution in [1.29, 1.82) is 0 Å². The summed E-state index contributed by atoms with van der Waals surface area (Å²) < 4.78 is 0. The fourth-order valence-corrected chi connectivity index (χ4v) is 6.79. The van der Waals surface area contributed by atoms with Crippen LogP contribution in [0, 0.1) is 11.8 Å². The molecule has 0 amide bonds. The number of hydrogen-bond acceptors (Lipinski definition) is 0. The molecule has 0 fully saturated rings. The van der Waals surface area contributed by atoms with E-state index < -0.39 is 0 Å². The molecule has 2 atom stereocenters. The van der Waals surface area contributed by atoms with Crippen LogP contribution >= 0.6 is 0 Å². The van der Waals surface area contributed by atoms with Gasteiger partial charge in [0.2, 0.25) is 0 Å². The molecular formula is C35H32. The van der Waals surface area contributed by atoms with Gasteiger partial charge in [0.05, 0.1) is 0 Å². The van der Waals surface area contributed by atoms with Crippen molar-refractivity contribution in [2.45, 2.75) is 45.4 Å². The van der Waals surface area contributed by atoms with Crippen LogP contribution in [0.1, 0.15) is 61.3 Å². The van der Waals surface area contributed by atoms with E-state index in [2.05, 4.69) is 98.0 Å². The summed E-state index contributed by atoms with van der Waals surface area (Å²) in [6, 6.07) is 18.1. The van der Waals surface area contributed by atoms with Crippen LogP contribution in [0.25, 0.3) is 40.1 Å². The van der Waals surface area contributed by atoms with E-state index >= 15 is 0 Å². The minimum absolute atomic E-state index is 0.573. The highest BCUT2D eigenvalue weighted by molar-refractivity contribution is 6.04. The summed E-state index contributed by atoms with van der Waals surface area (Å²) in [4.78, 5) is 0. The Morgan fingerprint density at radius 1 is 0.800 bits per heavy atom. The van der Waals surface area contributed by atoms with Gasteiger partial charge in [-0.15, -0.1) is 0 Å². The van der Waals surface area contributed by atoms with E-state index in [9.17, 15) is 0 Å². The van der Waals surface area contributed by atoms with Gasteiger partial charge in [0.1, 0.15) is 0 Å². The molecule has 0 aromatic heterocycles.